The summed E-state index contributed by atoms with van der Waals surface area (Å²) in [6.45, 7) is 2.94. The molecule has 2 heterocycles. The lowest BCUT2D eigenvalue weighted by atomic mass is 9.88. The number of hydrogen-bond acceptors (Lipinski definition) is 3. The predicted molar refractivity (Wildman–Crippen MR) is 121 cm³/mol. The molecule has 2 aliphatic rings. The van der Waals surface area contributed by atoms with Crippen LogP contribution >= 0.6 is 11.6 Å². The molecule has 1 amide bonds. The van der Waals surface area contributed by atoms with Gasteiger partial charge in [-0.05, 0) is 49.5 Å². The number of ether oxygens (including phenoxy) is 1. The topological polar surface area (TPSA) is 41.6 Å². The van der Waals surface area contributed by atoms with Crippen LogP contribution in [0.4, 0.5) is 4.39 Å². The molecule has 1 unspecified atom stereocenters. The van der Waals surface area contributed by atoms with Crippen LogP contribution in [0, 0.1) is 5.82 Å². The number of rotatable bonds is 6. The van der Waals surface area contributed by atoms with Crippen LogP contribution in [0.5, 0.6) is 0 Å². The first-order chi connectivity index (χ1) is 15.0. The molecule has 164 valence electrons. The summed E-state index contributed by atoms with van der Waals surface area (Å²) in [7, 11) is 0. The number of carbonyl (C=O) groups is 1. The van der Waals surface area contributed by atoms with Gasteiger partial charge in [0, 0.05) is 42.8 Å². The van der Waals surface area contributed by atoms with Crippen LogP contribution < -0.4 is 5.32 Å². The van der Waals surface area contributed by atoms with Crippen LogP contribution in [-0.2, 0) is 16.1 Å². The highest BCUT2D eigenvalue weighted by atomic mass is 35.5. The van der Waals surface area contributed by atoms with Crippen molar-refractivity contribution in [3.8, 4) is 0 Å². The number of likely N-dealkylation sites (tertiary alicyclic amines) is 1. The number of nitrogens with zero attached hydrogens (tertiary/aromatic N) is 1. The van der Waals surface area contributed by atoms with Crippen LogP contribution in [0.25, 0.3) is 6.08 Å². The first-order valence-electron chi connectivity index (χ1n) is 10.9. The zero-order valence-corrected chi connectivity index (χ0v) is 18.3. The normalized spacial score (nSPS) is 21.0. The molecule has 2 fully saturated rings. The minimum absolute atomic E-state index is 0.0378. The van der Waals surface area contributed by atoms with Gasteiger partial charge in [-0.1, -0.05) is 48.0 Å². The smallest absolute Gasteiger partial charge is 0.244 e. The molecule has 2 aromatic carbocycles. The van der Waals surface area contributed by atoms with E-state index in [0.717, 1.165) is 49.9 Å². The van der Waals surface area contributed by atoms with E-state index in [1.54, 1.807) is 18.2 Å². The van der Waals surface area contributed by atoms with E-state index in [1.165, 1.54) is 12.1 Å². The fourth-order valence-corrected chi connectivity index (χ4v) is 4.64. The maximum Gasteiger partial charge on any atom is 0.244 e. The minimum Gasteiger partial charge on any atom is -0.370 e. The van der Waals surface area contributed by atoms with Crippen LogP contribution in [0.3, 0.4) is 0 Å². The summed E-state index contributed by atoms with van der Waals surface area (Å²) in [5.41, 5.74) is 1.46. The average Bonchev–Trinajstić information content (AvgIpc) is 3.17. The Morgan fingerprint density at radius 1 is 1.16 bits per heavy atom. The Morgan fingerprint density at radius 3 is 2.68 bits per heavy atom. The molecular weight excluding hydrogens is 415 g/mol. The Kier molecular flexibility index (Phi) is 7.06. The van der Waals surface area contributed by atoms with Crippen molar-refractivity contribution in [3.05, 3.63) is 76.6 Å². The second kappa shape index (κ2) is 9.94. The third kappa shape index (κ3) is 5.73. The monoisotopic (exact) mass is 442 g/mol. The maximum absolute atomic E-state index is 13.9. The molecule has 1 atom stereocenters. The summed E-state index contributed by atoms with van der Waals surface area (Å²) in [4.78, 5) is 14.5. The molecular formula is C25H28ClFN2O2. The number of benzene rings is 2. The lowest BCUT2D eigenvalue weighted by molar-refractivity contribution is -0.118. The largest absolute Gasteiger partial charge is 0.370 e. The van der Waals surface area contributed by atoms with Crippen molar-refractivity contribution in [2.24, 2.45) is 0 Å². The lowest BCUT2D eigenvalue weighted by Crippen LogP contribution is -2.44. The van der Waals surface area contributed by atoms with E-state index in [0.29, 0.717) is 18.1 Å². The van der Waals surface area contributed by atoms with Gasteiger partial charge in [-0.3, -0.25) is 9.69 Å². The van der Waals surface area contributed by atoms with Gasteiger partial charge in [-0.15, -0.1) is 0 Å². The number of amides is 1. The van der Waals surface area contributed by atoms with Gasteiger partial charge < -0.3 is 10.1 Å². The van der Waals surface area contributed by atoms with Crippen molar-refractivity contribution in [1.82, 2.24) is 10.2 Å². The maximum atomic E-state index is 13.9. The van der Waals surface area contributed by atoms with E-state index < -0.39 is 0 Å². The molecule has 2 saturated heterocycles. The van der Waals surface area contributed by atoms with Crippen molar-refractivity contribution < 1.29 is 13.9 Å². The van der Waals surface area contributed by atoms with Crippen molar-refractivity contribution >= 4 is 23.6 Å². The number of nitrogens with one attached hydrogen (secondary N) is 1. The van der Waals surface area contributed by atoms with Crippen molar-refractivity contribution in [1.29, 1.82) is 0 Å². The quantitative estimate of drug-likeness (QED) is 0.652. The highest BCUT2D eigenvalue weighted by Crippen LogP contribution is 2.39. The molecule has 4 nitrogen and oxygen atoms in total. The molecule has 4 rings (SSSR count). The zero-order chi connectivity index (χ0) is 21.7. The standard InChI is InChI=1S/C25H28ClFN2O2/c26-22-7-3-1-5-19(22)9-10-24(30)28-17-21-11-12-25(31-21)13-15-29(16-14-25)18-20-6-2-4-8-23(20)27/h1-10,21H,11-18H2,(H,28,30)/b10-9+. The Hall–Kier alpha value is -2.21. The van der Waals surface area contributed by atoms with E-state index in [-0.39, 0.29) is 23.4 Å². The zero-order valence-electron chi connectivity index (χ0n) is 17.5. The Labute approximate surface area is 188 Å². The van der Waals surface area contributed by atoms with Crippen LogP contribution in [0.1, 0.15) is 36.8 Å². The van der Waals surface area contributed by atoms with Crippen molar-refractivity contribution in [2.75, 3.05) is 19.6 Å². The molecule has 0 bridgehead atoms. The van der Waals surface area contributed by atoms with Gasteiger partial charge in [0.05, 0.1) is 11.7 Å². The third-order valence-corrected chi connectivity index (χ3v) is 6.63. The number of hydrogen-bond donors (Lipinski definition) is 1. The van der Waals surface area contributed by atoms with Gasteiger partial charge in [-0.2, -0.15) is 0 Å². The van der Waals surface area contributed by atoms with Crippen molar-refractivity contribution in [3.63, 3.8) is 0 Å². The minimum atomic E-state index is -0.149. The lowest BCUT2D eigenvalue weighted by Gasteiger charge is -2.39. The fourth-order valence-electron chi connectivity index (χ4n) is 4.44. The first kappa shape index (κ1) is 22.0. The fraction of sp³-hybridized carbons (Fsp3) is 0.400. The second-order valence-electron chi connectivity index (χ2n) is 8.43. The van der Waals surface area contributed by atoms with E-state index in [1.807, 2.05) is 30.3 Å². The van der Waals surface area contributed by atoms with E-state index in [2.05, 4.69) is 10.2 Å². The summed E-state index contributed by atoms with van der Waals surface area (Å²) in [5.74, 6) is -0.288. The van der Waals surface area contributed by atoms with Crippen LogP contribution in [0.2, 0.25) is 5.02 Å². The van der Waals surface area contributed by atoms with Gasteiger partial charge >= 0.3 is 0 Å². The molecule has 31 heavy (non-hydrogen) atoms. The predicted octanol–water partition coefficient (Wildman–Crippen LogP) is 4.82. The molecule has 2 aliphatic heterocycles. The molecule has 0 saturated carbocycles. The van der Waals surface area contributed by atoms with Gasteiger partial charge in [0.15, 0.2) is 0 Å². The molecule has 0 radical (unpaired) electrons. The molecule has 2 aromatic rings. The highest BCUT2D eigenvalue weighted by molar-refractivity contribution is 6.32. The van der Waals surface area contributed by atoms with Crippen LogP contribution in [-0.4, -0.2) is 42.1 Å². The Balaban J connectivity index is 1.21. The second-order valence-corrected chi connectivity index (χ2v) is 8.84. The van der Waals surface area contributed by atoms with E-state index >= 15 is 0 Å². The van der Waals surface area contributed by atoms with E-state index in [4.69, 9.17) is 16.3 Å². The summed E-state index contributed by atoms with van der Waals surface area (Å²) < 4.78 is 20.3. The summed E-state index contributed by atoms with van der Waals surface area (Å²) in [6.07, 6.45) is 7.11. The number of piperidine rings is 1. The molecule has 1 N–H and O–H groups in total. The van der Waals surface area contributed by atoms with Gasteiger partial charge in [0.25, 0.3) is 0 Å². The van der Waals surface area contributed by atoms with Gasteiger partial charge in [0.1, 0.15) is 5.82 Å². The molecule has 1 spiro atoms. The van der Waals surface area contributed by atoms with Crippen LogP contribution in [0.15, 0.2) is 54.6 Å². The van der Waals surface area contributed by atoms with E-state index in [9.17, 15) is 9.18 Å². The number of carbonyl (C=O) groups excluding carboxylic acids is 1. The third-order valence-electron chi connectivity index (χ3n) is 6.28. The van der Waals surface area contributed by atoms with Gasteiger partial charge in [0.2, 0.25) is 5.91 Å². The number of halogens is 2. The first-order valence-corrected chi connectivity index (χ1v) is 11.2. The highest BCUT2D eigenvalue weighted by Gasteiger charge is 2.42. The molecule has 0 aromatic heterocycles. The Morgan fingerprint density at radius 2 is 1.90 bits per heavy atom. The molecule has 0 aliphatic carbocycles. The Bertz CT molecular complexity index is 941. The van der Waals surface area contributed by atoms with Gasteiger partial charge in [-0.25, -0.2) is 4.39 Å². The summed E-state index contributed by atoms with van der Waals surface area (Å²) in [5, 5.41) is 3.56. The SMILES string of the molecule is O=C(/C=C/c1ccccc1Cl)NCC1CCC2(CCN(Cc3ccccc3F)CC2)O1. The summed E-state index contributed by atoms with van der Waals surface area (Å²) >= 11 is 6.11. The average molecular weight is 443 g/mol. The molecule has 6 heteroatoms. The summed E-state index contributed by atoms with van der Waals surface area (Å²) in [6, 6.07) is 14.4. The van der Waals surface area contributed by atoms with Crippen molar-refractivity contribution in [2.45, 2.75) is 43.9 Å².